The van der Waals surface area contributed by atoms with Crippen molar-refractivity contribution >= 4 is 41.4 Å². The van der Waals surface area contributed by atoms with Crippen LogP contribution in [0.3, 0.4) is 0 Å². The van der Waals surface area contributed by atoms with Crippen molar-refractivity contribution in [1.82, 2.24) is 21.3 Å². The van der Waals surface area contributed by atoms with E-state index in [1.165, 1.54) is 11.8 Å². The van der Waals surface area contributed by atoms with Crippen molar-refractivity contribution in [2.45, 2.75) is 54.8 Å². The van der Waals surface area contributed by atoms with Crippen LogP contribution in [-0.2, 0) is 14.3 Å². The molecule has 0 aromatic rings. The molecule has 3 aliphatic heterocycles. The van der Waals surface area contributed by atoms with E-state index in [4.69, 9.17) is 4.74 Å². The van der Waals surface area contributed by atoms with Gasteiger partial charge in [-0.15, -0.1) is 23.5 Å². The van der Waals surface area contributed by atoms with Crippen molar-refractivity contribution in [1.29, 1.82) is 0 Å². The lowest BCUT2D eigenvalue weighted by atomic mass is 10.1. The van der Waals surface area contributed by atoms with Crippen LogP contribution < -0.4 is 21.3 Å². The molecule has 26 heavy (non-hydrogen) atoms. The van der Waals surface area contributed by atoms with E-state index >= 15 is 0 Å². The first-order valence-corrected chi connectivity index (χ1v) is 11.0. The van der Waals surface area contributed by atoms with Crippen molar-refractivity contribution in [3.63, 3.8) is 0 Å². The molecule has 3 fully saturated rings. The SMILES string of the molecule is CC(C)OC(=O)NC(=O)C1CCSC1NC(=O)C1NC2CNCCC2S1. The molecule has 5 unspecified atom stereocenters. The molecule has 0 radical (unpaired) electrons. The van der Waals surface area contributed by atoms with Crippen LogP contribution in [-0.4, -0.2) is 64.9 Å². The van der Waals surface area contributed by atoms with Gasteiger partial charge in [-0.05, 0) is 39.0 Å². The predicted octanol–water partition coefficient (Wildman–Crippen LogP) is 0.236. The van der Waals surface area contributed by atoms with Crippen LogP contribution in [0.5, 0.6) is 0 Å². The van der Waals surface area contributed by atoms with Gasteiger partial charge in [0.05, 0.1) is 17.4 Å². The third-order valence-corrected chi connectivity index (χ3v) is 7.43. The molecule has 3 rings (SSSR count). The molecule has 0 spiro atoms. The Morgan fingerprint density at radius 2 is 2.00 bits per heavy atom. The van der Waals surface area contributed by atoms with Crippen LogP contribution in [0, 0.1) is 5.92 Å². The molecule has 0 saturated carbocycles. The van der Waals surface area contributed by atoms with Crippen molar-refractivity contribution in [3.05, 3.63) is 0 Å². The molecule has 5 atom stereocenters. The maximum absolute atomic E-state index is 12.6. The highest BCUT2D eigenvalue weighted by Crippen LogP contribution is 2.34. The first-order valence-electron chi connectivity index (χ1n) is 8.99. The summed E-state index contributed by atoms with van der Waals surface area (Å²) < 4.78 is 4.95. The first-order chi connectivity index (χ1) is 12.4. The van der Waals surface area contributed by atoms with Gasteiger partial charge in [0.1, 0.15) is 5.37 Å². The molecule has 0 aromatic carbocycles. The molecule has 3 aliphatic rings. The Hall–Kier alpha value is -0.970. The lowest BCUT2D eigenvalue weighted by Crippen LogP contribution is -2.51. The number of piperidine rings is 1. The largest absolute Gasteiger partial charge is 0.447 e. The Kier molecular flexibility index (Phi) is 6.70. The zero-order valence-electron chi connectivity index (χ0n) is 14.9. The van der Waals surface area contributed by atoms with Gasteiger partial charge < -0.3 is 15.4 Å². The molecule has 3 amide bonds. The lowest BCUT2D eigenvalue weighted by Gasteiger charge is -2.24. The monoisotopic (exact) mass is 402 g/mol. The normalized spacial score (nSPS) is 33.6. The Balaban J connectivity index is 1.51. The molecular formula is C16H26N4O4S2. The zero-order valence-corrected chi connectivity index (χ0v) is 16.6. The number of thioether (sulfide) groups is 2. The van der Waals surface area contributed by atoms with Crippen molar-refractivity contribution in [3.8, 4) is 0 Å². The quantitative estimate of drug-likeness (QED) is 0.529. The fraction of sp³-hybridized carbons (Fsp3) is 0.812. The first kappa shape index (κ1) is 19.8. The molecule has 0 bridgehead atoms. The van der Waals surface area contributed by atoms with Crippen LogP contribution in [0.1, 0.15) is 26.7 Å². The van der Waals surface area contributed by atoms with E-state index in [0.717, 1.165) is 25.3 Å². The van der Waals surface area contributed by atoms with E-state index in [9.17, 15) is 14.4 Å². The molecule has 146 valence electrons. The number of alkyl carbamates (subject to hydrolysis) is 1. The number of fused-ring (bicyclic) bond motifs is 1. The molecule has 0 aliphatic carbocycles. The summed E-state index contributed by atoms with van der Waals surface area (Å²) in [5, 5.41) is 11.8. The van der Waals surface area contributed by atoms with Gasteiger partial charge in [-0.1, -0.05) is 0 Å². The van der Waals surface area contributed by atoms with Crippen LogP contribution in [0.15, 0.2) is 0 Å². The van der Waals surface area contributed by atoms with Crippen LogP contribution in [0.25, 0.3) is 0 Å². The number of carbonyl (C=O) groups excluding carboxylic acids is 3. The van der Waals surface area contributed by atoms with Gasteiger partial charge in [0.15, 0.2) is 0 Å². The third kappa shape index (κ3) is 4.85. The van der Waals surface area contributed by atoms with Crippen LogP contribution in [0.2, 0.25) is 0 Å². The predicted molar refractivity (Wildman–Crippen MR) is 102 cm³/mol. The van der Waals surface area contributed by atoms with Crippen LogP contribution >= 0.6 is 23.5 Å². The van der Waals surface area contributed by atoms with Gasteiger partial charge in [0.2, 0.25) is 11.8 Å². The molecule has 4 N–H and O–H groups in total. The average Bonchev–Trinajstić information content (AvgIpc) is 3.20. The minimum absolute atomic E-state index is 0.0913. The molecule has 3 saturated heterocycles. The Morgan fingerprint density at radius 3 is 2.73 bits per heavy atom. The summed E-state index contributed by atoms with van der Waals surface area (Å²) in [5.41, 5.74) is 0. The van der Waals surface area contributed by atoms with Gasteiger partial charge in [-0.25, -0.2) is 4.79 Å². The second-order valence-electron chi connectivity index (χ2n) is 6.96. The Labute approximate surface area is 161 Å². The highest BCUT2D eigenvalue weighted by atomic mass is 32.2. The van der Waals surface area contributed by atoms with E-state index in [1.807, 2.05) is 0 Å². The van der Waals surface area contributed by atoms with E-state index in [-0.39, 0.29) is 22.8 Å². The topological polar surface area (TPSA) is 109 Å². The minimum Gasteiger partial charge on any atom is -0.447 e. The highest BCUT2D eigenvalue weighted by Gasteiger charge is 2.42. The number of nitrogens with one attached hydrogen (secondary N) is 4. The fourth-order valence-electron chi connectivity index (χ4n) is 3.36. The highest BCUT2D eigenvalue weighted by molar-refractivity contribution is 8.01. The molecule has 0 aromatic heterocycles. The number of ether oxygens (including phenoxy) is 1. The van der Waals surface area contributed by atoms with Crippen molar-refractivity contribution in [2.75, 3.05) is 18.8 Å². The standard InChI is InChI=1S/C16H26N4O4S2/c1-8(2)24-16(23)20-12(21)9-4-6-25-14(9)19-13(22)15-18-10-7-17-5-3-11(10)26-15/h8-11,14-15,17-18H,3-7H2,1-2H3,(H,19,22)(H,20,21,23). The molecule has 10 heteroatoms. The summed E-state index contributed by atoms with van der Waals surface area (Å²) in [6.07, 6.45) is 0.640. The summed E-state index contributed by atoms with van der Waals surface area (Å²) in [6, 6.07) is 0.311. The van der Waals surface area contributed by atoms with Crippen molar-refractivity contribution < 1.29 is 19.1 Å². The number of rotatable bonds is 4. The van der Waals surface area contributed by atoms with Gasteiger partial charge in [-0.2, -0.15) is 0 Å². The number of carbonyl (C=O) groups is 3. The molecular weight excluding hydrogens is 376 g/mol. The summed E-state index contributed by atoms with van der Waals surface area (Å²) in [5.74, 6) is -0.149. The van der Waals surface area contributed by atoms with Gasteiger partial charge in [0.25, 0.3) is 0 Å². The second kappa shape index (κ2) is 8.81. The summed E-state index contributed by atoms with van der Waals surface area (Å²) >= 11 is 3.20. The summed E-state index contributed by atoms with van der Waals surface area (Å²) in [7, 11) is 0. The second-order valence-corrected chi connectivity index (χ2v) is 9.56. The fourth-order valence-corrected chi connectivity index (χ4v) is 6.11. The number of hydrogen-bond acceptors (Lipinski definition) is 8. The van der Waals surface area contributed by atoms with E-state index in [0.29, 0.717) is 17.7 Å². The van der Waals surface area contributed by atoms with E-state index in [2.05, 4.69) is 21.3 Å². The van der Waals surface area contributed by atoms with Crippen molar-refractivity contribution in [2.24, 2.45) is 5.92 Å². The smallest absolute Gasteiger partial charge is 0.414 e. The van der Waals surface area contributed by atoms with E-state index < -0.39 is 17.9 Å². The number of amides is 3. The van der Waals surface area contributed by atoms with Gasteiger partial charge >= 0.3 is 6.09 Å². The van der Waals surface area contributed by atoms with Gasteiger partial charge in [-0.3, -0.25) is 20.2 Å². The minimum atomic E-state index is -0.739. The molecule has 8 nitrogen and oxygen atoms in total. The molecule has 3 heterocycles. The summed E-state index contributed by atoms with van der Waals surface area (Å²) in [4.78, 5) is 36.6. The van der Waals surface area contributed by atoms with Crippen LogP contribution in [0.4, 0.5) is 4.79 Å². The van der Waals surface area contributed by atoms with E-state index in [1.54, 1.807) is 25.6 Å². The maximum Gasteiger partial charge on any atom is 0.414 e. The summed E-state index contributed by atoms with van der Waals surface area (Å²) in [6.45, 7) is 5.30. The number of hydrogen-bond donors (Lipinski definition) is 4. The third-order valence-electron chi connectivity index (χ3n) is 4.61. The maximum atomic E-state index is 12.6. The average molecular weight is 403 g/mol. The zero-order chi connectivity index (χ0) is 18.7. The number of imide groups is 1. The lowest BCUT2D eigenvalue weighted by molar-refractivity contribution is -0.125. The Bertz CT molecular complexity index is 548. The van der Waals surface area contributed by atoms with Gasteiger partial charge in [0, 0.05) is 17.8 Å². The Morgan fingerprint density at radius 1 is 1.19 bits per heavy atom.